The summed E-state index contributed by atoms with van der Waals surface area (Å²) in [5, 5.41) is 3.10. The summed E-state index contributed by atoms with van der Waals surface area (Å²) in [7, 11) is 0. The smallest absolute Gasteiger partial charge is 0.325 e. The van der Waals surface area contributed by atoms with Gasteiger partial charge in [0.05, 0.1) is 17.4 Å². The normalized spacial score (nSPS) is 10.8. The van der Waals surface area contributed by atoms with Crippen molar-refractivity contribution in [3.05, 3.63) is 110 Å². The number of hydrogen-bond donors (Lipinski definition) is 1. The molecule has 0 spiro atoms. The van der Waals surface area contributed by atoms with Crippen LogP contribution in [0.1, 0.15) is 28.4 Å². The topological polar surface area (TPSA) is 90.2 Å². The number of nitrogens with zero attached hydrogens (tertiary/aromatic N) is 2. The van der Waals surface area contributed by atoms with E-state index in [9.17, 15) is 19.2 Å². The van der Waals surface area contributed by atoms with Crippen molar-refractivity contribution in [2.24, 2.45) is 0 Å². The summed E-state index contributed by atoms with van der Waals surface area (Å²) in [4.78, 5) is 50.5. The third-order valence-corrected chi connectivity index (χ3v) is 5.47. The van der Waals surface area contributed by atoms with Gasteiger partial charge >= 0.3 is 5.69 Å². The third kappa shape index (κ3) is 4.67. The minimum atomic E-state index is -0.554. The highest BCUT2D eigenvalue weighted by Crippen LogP contribution is 2.12. The van der Waals surface area contributed by atoms with Gasteiger partial charge in [0.15, 0.2) is 5.78 Å². The van der Waals surface area contributed by atoms with Crippen LogP contribution < -0.4 is 16.6 Å². The molecule has 1 N–H and O–H groups in total. The molecule has 4 aromatic rings. The fraction of sp³-hybridized carbons (Fsp3) is 0.154. The van der Waals surface area contributed by atoms with Gasteiger partial charge in [-0.3, -0.25) is 23.5 Å². The van der Waals surface area contributed by atoms with E-state index in [1.807, 2.05) is 31.2 Å². The molecule has 33 heavy (non-hydrogen) atoms. The quantitative estimate of drug-likeness (QED) is 0.465. The van der Waals surface area contributed by atoms with E-state index in [1.165, 1.54) is 11.5 Å². The summed E-state index contributed by atoms with van der Waals surface area (Å²) >= 11 is 0. The molecule has 0 aliphatic rings. The Kier molecular flexibility index (Phi) is 6.04. The first-order valence-electron chi connectivity index (χ1n) is 10.5. The number of hydrogen-bond acceptors (Lipinski definition) is 4. The second kappa shape index (κ2) is 9.08. The number of ketones is 1. The SMILES string of the molecule is CC(=O)c1ccc(NC(=O)Cn2c(=O)n(Cc3ccc(C)cc3)c(=O)c3ccccc32)cc1. The van der Waals surface area contributed by atoms with Gasteiger partial charge in [-0.1, -0.05) is 42.0 Å². The number of carbonyl (C=O) groups is 2. The van der Waals surface area contributed by atoms with Crippen LogP contribution in [0.15, 0.2) is 82.4 Å². The van der Waals surface area contributed by atoms with Gasteiger partial charge in [-0.2, -0.15) is 0 Å². The lowest BCUT2D eigenvalue weighted by atomic mass is 10.1. The largest absolute Gasteiger partial charge is 0.332 e. The van der Waals surface area contributed by atoms with Gasteiger partial charge in [0.2, 0.25) is 5.91 Å². The average Bonchev–Trinajstić information content (AvgIpc) is 2.81. The Morgan fingerprint density at radius 3 is 2.18 bits per heavy atom. The van der Waals surface area contributed by atoms with E-state index in [-0.39, 0.29) is 18.9 Å². The standard InChI is InChI=1S/C26H23N3O4/c1-17-7-9-19(10-8-17)15-29-25(32)22-5-3-4-6-23(22)28(26(29)33)16-24(31)27-21-13-11-20(12-14-21)18(2)30/h3-14H,15-16H2,1-2H3,(H,27,31). The van der Waals surface area contributed by atoms with E-state index in [0.717, 1.165) is 15.7 Å². The van der Waals surface area contributed by atoms with Crippen molar-refractivity contribution in [1.29, 1.82) is 0 Å². The lowest BCUT2D eigenvalue weighted by Crippen LogP contribution is -2.42. The Morgan fingerprint density at radius 1 is 0.848 bits per heavy atom. The Labute approximate surface area is 189 Å². The summed E-state index contributed by atoms with van der Waals surface area (Å²) in [5.74, 6) is -0.486. The Bertz CT molecular complexity index is 1460. The lowest BCUT2D eigenvalue weighted by molar-refractivity contribution is -0.116. The van der Waals surface area contributed by atoms with Crippen LogP contribution in [0, 0.1) is 6.92 Å². The van der Waals surface area contributed by atoms with Crippen molar-refractivity contribution in [3.8, 4) is 0 Å². The van der Waals surface area contributed by atoms with Gasteiger partial charge in [0.1, 0.15) is 6.54 Å². The van der Waals surface area contributed by atoms with Gasteiger partial charge in [-0.25, -0.2) is 4.79 Å². The third-order valence-electron chi connectivity index (χ3n) is 5.47. The van der Waals surface area contributed by atoms with Crippen LogP contribution in [0.2, 0.25) is 0 Å². The van der Waals surface area contributed by atoms with Gasteiger partial charge in [-0.15, -0.1) is 0 Å². The van der Waals surface area contributed by atoms with Crippen molar-refractivity contribution in [2.75, 3.05) is 5.32 Å². The zero-order chi connectivity index (χ0) is 23.5. The molecule has 0 unspecified atom stereocenters. The number of rotatable bonds is 6. The van der Waals surface area contributed by atoms with E-state index in [4.69, 9.17) is 0 Å². The first-order valence-corrected chi connectivity index (χ1v) is 10.5. The fourth-order valence-electron chi connectivity index (χ4n) is 3.67. The second-order valence-electron chi connectivity index (χ2n) is 7.94. The monoisotopic (exact) mass is 441 g/mol. The number of anilines is 1. The maximum absolute atomic E-state index is 13.3. The predicted octanol–water partition coefficient (Wildman–Crippen LogP) is 3.36. The molecule has 7 heteroatoms. The highest BCUT2D eigenvalue weighted by molar-refractivity contribution is 5.95. The molecule has 7 nitrogen and oxygen atoms in total. The van der Waals surface area contributed by atoms with E-state index >= 15 is 0 Å². The number of para-hydroxylation sites is 1. The number of nitrogens with one attached hydrogen (secondary N) is 1. The molecule has 0 bridgehead atoms. The van der Waals surface area contributed by atoms with Crippen LogP contribution in [0.5, 0.6) is 0 Å². The van der Waals surface area contributed by atoms with E-state index < -0.39 is 17.2 Å². The maximum atomic E-state index is 13.3. The number of fused-ring (bicyclic) bond motifs is 1. The van der Waals surface area contributed by atoms with Crippen molar-refractivity contribution in [2.45, 2.75) is 26.9 Å². The Hall–Kier alpha value is -4.26. The van der Waals surface area contributed by atoms with Crippen molar-refractivity contribution >= 4 is 28.3 Å². The molecule has 0 aliphatic heterocycles. The average molecular weight is 441 g/mol. The number of benzene rings is 3. The van der Waals surface area contributed by atoms with E-state index in [2.05, 4.69) is 5.32 Å². The molecule has 0 fully saturated rings. The van der Waals surface area contributed by atoms with Crippen LogP contribution >= 0.6 is 0 Å². The summed E-state index contributed by atoms with van der Waals surface area (Å²) in [5.41, 5.74) is 2.39. The first kappa shape index (κ1) is 22.0. The molecule has 0 saturated carbocycles. The van der Waals surface area contributed by atoms with Crippen molar-refractivity contribution in [1.82, 2.24) is 9.13 Å². The minimum absolute atomic E-state index is 0.0678. The second-order valence-corrected chi connectivity index (χ2v) is 7.94. The first-order chi connectivity index (χ1) is 15.8. The van der Waals surface area contributed by atoms with E-state index in [0.29, 0.717) is 22.2 Å². The Balaban J connectivity index is 1.69. The molecule has 0 aliphatic carbocycles. The highest BCUT2D eigenvalue weighted by Gasteiger charge is 2.16. The number of Topliss-reactive ketones (excluding diaryl/α,β-unsaturated/α-hetero) is 1. The Morgan fingerprint density at radius 2 is 1.52 bits per heavy atom. The molecule has 1 amide bonds. The molecule has 166 valence electrons. The number of carbonyl (C=O) groups excluding carboxylic acids is 2. The van der Waals surface area contributed by atoms with Gasteiger partial charge in [0, 0.05) is 11.3 Å². The van der Waals surface area contributed by atoms with E-state index in [1.54, 1.807) is 48.5 Å². The van der Waals surface area contributed by atoms with Gasteiger partial charge in [0.25, 0.3) is 5.56 Å². The maximum Gasteiger partial charge on any atom is 0.332 e. The molecule has 4 rings (SSSR count). The minimum Gasteiger partial charge on any atom is -0.325 e. The number of aryl methyl sites for hydroxylation is 1. The van der Waals surface area contributed by atoms with Crippen molar-refractivity contribution in [3.63, 3.8) is 0 Å². The van der Waals surface area contributed by atoms with Crippen LogP contribution in [0.25, 0.3) is 10.9 Å². The fourth-order valence-corrected chi connectivity index (χ4v) is 3.67. The summed E-state index contributed by atoms with van der Waals surface area (Å²) in [6.07, 6.45) is 0. The molecular weight excluding hydrogens is 418 g/mol. The zero-order valence-electron chi connectivity index (χ0n) is 18.4. The summed E-state index contributed by atoms with van der Waals surface area (Å²) < 4.78 is 2.46. The predicted molar refractivity (Wildman–Crippen MR) is 128 cm³/mol. The molecular formula is C26H23N3O4. The highest BCUT2D eigenvalue weighted by atomic mass is 16.2. The van der Waals surface area contributed by atoms with Gasteiger partial charge < -0.3 is 5.32 Å². The van der Waals surface area contributed by atoms with Crippen LogP contribution in [-0.4, -0.2) is 20.8 Å². The summed E-state index contributed by atoms with van der Waals surface area (Å²) in [6, 6.07) is 20.9. The van der Waals surface area contributed by atoms with Gasteiger partial charge in [-0.05, 0) is 55.8 Å². The molecule has 0 radical (unpaired) electrons. The van der Waals surface area contributed by atoms with Crippen LogP contribution in [0.4, 0.5) is 5.69 Å². The molecule has 0 atom stereocenters. The summed E-state index contributed by atoms with van der Waals surface area (Å²) in [6.45, 7) is 3.28. The van der Waals surface area contributed by atoms with Crippen LogP contribution in [0.3, 0.4) is 0 Å². The van der Waals surface area contributed by atoms with Crippen LogP contribution in [-0.2, 0) is 17.9 Å². The molecule has 1 heterocycles. The molecule has 0 saturated heterocycles. The lowest BCUT2D eigenvalue weighted by Gasteiger charge is -2.14. The molecule has 3 aromatic carbocycles. The van der Waals surface area contributed by atoms with Crippen molar-refractivity contribution < 1.29 is 9.59 Å². The zero-order valence-corrected chi connectivity index (χ0v) is 18.4. The number of aromatic nitrogens is 2. The number of amides is 1. The molecule has 1 aromatic heterocycles.